The van der Waals surface area contributed by atoms with Crippen LogP contribution in [-0.2, 0) is 13.6 Å². The van der Waals surface area contributed by atoms with Gasteiger partial charge in [0.1, 0.15) is 17.3 Å². The largest absolute Gasteiger partial charge is 0.457 e. The van der Waals surface area contributed by atoms with Gasteiger partial charge in [-0.2, -0.15) is 5.26 Å². The summed E-state index contributed by atoms with van der Waals surface area (Å²) in [4.78, 5) is 31.4. The third-order valence-corrected chi connectivity index (χ3v) is 4.79. The summed E-state index contributed by atoms with van der Waals surface area (Å²) in [6.45, 7) is 1.57. The molecule has 2 N–H and O–H groups in total. The molecule has 0 fully saturated rings. The van der Waals surface area contributed by atoms with Gasteiger partial charge in [0.25, 0.3) is 5.56 Å². The molecule has 156 valence electrons. The lowest BCUT2D eigenvalue weighted by molar-refractivity contribution is 0.173. The zero-order valence-electron chi connectivity index (χ0n) is 16.9. The van der Waals surface area contributed by atoms with Crippen LogP contribution in [0.4, 0.5) is 0 Å². The molecular formula is C22H19N5O4. The number of rotatable bonds is 5. The SMILES string of the molecule is CC(O)Cn1c(=O)[nH]c(=O)c2c1nc(-c1ccc(Oc3ccc(C#N)cc3)cc1)n2C. The summed E-state index contributed by atoms with van der Waals surface area (Å²) in [5.41, 5.74) is 0.575. The van der Waals surface area contributed by atoms with Gasteiger partial charge in [-0.05, 0) is 55.5 Å². The van der Waals surface area contributed by atoms with Crippen LogP contribution in [0.3, 0.4) is 0 Å². The zero-order valence-corrected chi connectivity index (χ0v) is 16.9. The number of hydrogen-bond donors (Lipinski definition) is 2. The van der Waals surface area contributed by atoms with Crippen LogP contribution in [0.1, 0.15) is 12.5 Å². The number of nitrogens with zero attached hydrogens (tertiary/aromatic N) is 4. The summed E-state index contributed by atoms with van der Waals surface area (Å²) < 4.78 is 8.66. The quantitative estimate of drug-likeness (QED) is 0.512. The van der Waals surface area contributed by atoms with Crippen molar-refractivity contribution < 1.29 is 9.84 Å². The molecule has 9 nitrogen and oxygen atoms in total. The van der Waals surface area contributed by atoms with Gasteiger partial charge in [0.2, 0.25) is 0 Å². The lowest BCUT2D eigenvalue weighted by Gasteiger charge is -2.07. The van der Waals surface area contributed by atoms with Gasteiger partial charge < -0.3 is 14.4 Å². The molecule has 0 bridgehead atoms. The Hall–Kier alpha value is -4.16. The number of fused-ring (bicyclic) bond motifs is 1. The van der Waals surface area contributed by atoms with E-state index in [4.69, 9.17) is 10.00 Å². The molecule has 0 saturated carbocycles. The van der Waals surface area contributed by atoms with Gasteiger partial charge in [-0.3, -0.25) is 14.3 Å². The Labute approximate surface area is 176 Å². The number of aliphatic hydroxyl groups is 1. The number of aromatic nitrogens is 4. The summed E-state index contributed by atoms with van der Waals surface area (Å²) in [6.07, 6.45) is -0.782. The van der Waals surface area contributed by atoms with E-state index in [1.165, 1.54) is 4.57 Å². The normalized spacial score (nSPS) is 11.9. The fraction of sp³-hybridized carbons (Fsp3) is 0.182. The van der Waals surface area contributed by atoms with E-state index in [1.54, 1.807) is 67.1 Å². The zero-order chi connectivity index (χ0) is 22.1. The van der Waals surface area contributed by atoms with Crippen LogP contribution in [-0.4, -0.2) is 30.3 Å². The fourth-order valence-electron chi connectivity index (χ4n) is 3.34. The Balaban J connectivity index is 1.71. The van der Waals surface area contributed by atoms with Crippen molar-refractivity contribution >= 4 is 11.2 Å². The fourth-order valence-corrected chi connectivity index (χ4v) is 3.34. The molecule has 2 aromatic carbocycles. The highest BCUT2D eigenvalue weighted by molar-refractivity contribution is 5.76. The monoisotopic (exact) mass is 417 g/mol. The molecule has 0 aliphatic carbocycles. The highest BCUT2D eigenvalue weighted by Gasteiger charge is 2.18. The molecule has 1 atom stereocenters. The number of nitriles is 1. The average molecular weight is 417 g/mol. The second kappa shape index (κ2) is 7.93. The molecule has 9 heteroatoms. The minimum atomic E-state index is -0.782. The molecule has 0 aliphatic rings. The van der Waals surface area contributed by atoms with E-state index in [-0.39, 0.29) is 17.7 Å². The first-order valence-electron chi connectivity index (χ1n) is 9.53. The molecule has 0 amide bonds. The van der Waals surface area contributed by atoms with Gasteiger partial charge in [0, 0.05) is 12.6 Å². The first-order chi connectivity index (χ1) is 14.9. The molecule has 4 aromatic rings. The van der Waals surface area contributed by atoms with Crippen molar-refractivity contribution in [2.24, 2.45) is 7.05 Å². The highest BCUT2D eigenvalue weighted by Crippen LogP contribution is 2.26. The maximum Gasteiger partial charge on any atom is 0.330 e. The first-order valence-corrected chi connectivity index (χ1v) is 9.53. The van der Waals surface area contributed by atoms with E-state index in [2.05, 4.69) is 16.0 Å². The number of imidazole rings is 1. The van der Waals surface area contributed by atoms with Crippen molar-refractivity contribution in [1.82, 2.24) is 19.1 Å². The van der Waals surface area contributed by atoms with Crippen LogP contribution in [0.5, 0.6) is 11.5 Å². The first kappa shape index (κ1) is 20.1. The van der Waals surface area contributed by atoms with E-state index < -0.39 is 17.4 Å². The Bertz CT molecular complexity index is 1400. The second-order valence-electron chi connectivity index (χ2n) is 7.15. The number of nitrogens with one attached hydrogen (secondary N) is 1. The molecule has 0 radical (unpaired) electrons. The number of hydrogen-bond acceptors (Lipinski definition) is 6. The molecule has 0 saturated heterocycles. The molecule has 31 heavy (non-hydrogen) atoms. The molecule has 1 unspecified atom stereocenters. The van der Waals surface area contributed by atoms with Crippen molar-refractivity contribution in [2.45, 2.75) is 19.6 Å². The van der Waals surface area contributed by atoms with Crippen LogP contribution in [0.15, 0.2) is 58.1 Å². The smallest absolute Gasteiger partial charge is 0.330 e. The van der Waals surface area contributed by atoms with Gasteiger partial charge >= 0.3 is 5.69 Å². The molecule has 2 heterocycles. The predicted molar refractivity (Wildman–Crippen MR) is 114 cm³/mol. The van der Waals surface area contributed by atoms with E-state index in [0.29, 0.717) is 22.9 Å². The number of ether oxygens (including phenoxy) is 1. The standard InChI is InChI=1S/C22H19N5O4/c1-13(28)12-27-20-18(21(29)25-22(27)30)26(2)19(24-20)15-5-9-17(10-6-15)31-16-7-3-14(11-23)4-8-16/h3-10,13,28H,12H2,1-2H3,(H,25,29,30). The number of benzene rings is 2. The third kappa shape index (κ3) is 3.84. The third-order valence-electron chi connectivity index (χ3n) is 4.79. The van der Waals surface area contributed by atoms with Crippen molar-refractivity contribution in [3.8, 4) is 29.0 Å². The summed E-state index contributed by atoms with van der Waals surface area (Å²) >= 11 is 0. The average Bonchev–Trinajstić information content (AvgIpc) is 3.09. The lowest BCUT2D eigenvalue weighted by Crippen LogP contribution is -2.33. The molecule has 2 aromatic heterocycles. The number of aliphatic hydroxyl groups excluding tert-OH is 1. The number of H-pyrrole nitrogens is 1. The van der Waals surface area contributed by atoms with Crippen LogP contribution >= 0.6 is 0 Å². The van der Waals surface area contributed by atoms with Gasteiger partial charge in [0.05, 0.1) is 24.3 Å². The van der Waals surface area contributed by atoms with E-state index in [0.717, 1.165) is 5.56 Å². The van der Waals surface area contributed by atoms with E-state index in [9.17, 15) is 14.7 Å². The van der Waals surface area contributed by atoms with Crippen molar-refractivity contribution in [2.75, 3.05) is 0 Å². The van der Waals surface area contributed by atoms with E-state index in [1.807, 2.05) is 0 Å². The van der Waals surface area contributed by atoms with Crippen molar-refractivity contribution in [1.29, 1.82) is 5.26 Å². The molecular weight excluding hydrogens is 398 g/mol. The number of aromatic amines is 1. The number of aryl methyl sites for hydroxylation is 1. The van der Waals surface area contributed by atoms with Crippen LogP contribution in [0.2, 0.25) is 0 Å². The van der Waals surface area contributed by atoms with Crippen LogP contribution < -0.4 is 16.0 Å². The van der Waals surface area contributed by atoms with E-state index >= 15 is 0 Å². The topological polar surface area (TPSA) is 126 Å². The van der Waals surface area contributed by atoms with Gasteiger partial charge in [-0.1, -0.05) is 0 Å². The van der Waals surface area contributed by atoms with Crippen LogP contribution in [0, 0.1) is 11.3 Å². The Morgan fingerprint density at radius 1 is 1.13 bits per heavy atom. The Morgan fingerprint density at radius 2 is 1.74 bits per heavy atom. The predicted octanol–water partition coefficient (Wildman–Crippen LogP) is 2.14. The van der Waals surface area contributed by atoms with Crippen LogP contribution in [0.25, 0.3) is 22.6 Å². The van der Waals surface area contributed by atoms with Crippen molar-refractivity contribution in [3.63, 3.8) is 0 Å². The Morgan fingerprint density at radius 3 is 2.32 bits per heavy atom. The summed E-state index contributed by atoms with van der Waals surface area (Å²) in [5.74, 6) is 1.69. The van der Waals surface area contributed by atoms with Gasteiger partial charge in [-0.25, -0.2) is 9.78 Å². The minimum absolute atomic E-state index is 0.0138. The summed E-state index contributed by atoms with van der Waals surface area (Å²) in [5, 5.41) is 18.6. The Kier molecular flexibility index (Phi) is 5.15. The van der Waals surface area contributed by atoms with Gasteiger partial charge in [-0.15, -0.1) is 0 Å². The molecule has 0 spiro atoms. The molecule has 0 aliphatic heterocycles. The van der Waals surface area contributed by atoms with Crippen molar-refractivity contribution in [3.05, 3.63) is 74.9 Å². The highest BCUT2D eigenvalue weighted by atomic mass is 16.5. The summed E-state index contributed by atoms with van der Waals surface area (Å²) in [7, 11) is 1.69. The minimum Gasteiger partial charge on any atom is -0.457 e. The maximum atomic E-state index is 12.4. The maximum absolute atomic E-state index is 12.4. The second-order valence-corrected chi connectivity index (χ2v) is 7.15. The lowest BCUT2D eigenvalue weighted by atomic mass is 10.2. The summed E-state index contributed by atoms with van der Waals surface area (Å²) in [6, 6.07) is 16.0. The van der Waals surface area contributed by atoms with Gasteiger partial charge in [0.15, 0.2) is 11.2 Å². The molecule has 4 rings (SSSR count).